The number of rotatable bonds is 4. The lowest BCUT2D eigenvalue weighted by molar-refractivity contribution is 0.485. The van der Waals surface area contributed by atoms with Crippen molar-refractivity contribution >= 4 is 39.4 Å². The predicted molar refractivity (Wildman–Crippen MR) is 131 cm³/mol. The Labute approximate surface area is 181 Å². The molecule has 0 aliphatic heterocycles. The number of aromatic amines is 1. The largest absolute Gasteiger partial charge is 0.503 e. The van der Waals surface area contributed by atoms with Gasteiger partial charge in [0.2, 0.25) is 5.30 Å². The first kappa shape index (κ1) is 19.3. The highest BCUT2D eigenvalue weighted by atomic mass is 31.2. The fourth-order valence-electron chi connectivity index (χ4n) is 4.32. The predicted octanol–water partition coefficient (Wildman–Crippen LogP) is 3.85. The van der Waals surface area contributed by atoms with Gasteiger partial charge >= 0.3 is 0 Å². The van der Waals surface area contributed by atoms with Gasteiger partial charge < -0.3 is 10.1 Å². The Hall–Kier alpha value is -3.68. The van der Waals surface area contributed by atoms with Crippen LogP contribution in [0, 0.1) is 0 Å². The van der Waals surface area contributed by atoms with Crippen molar-refractivity contribution in [1.29, 1.82) is 0 Å². The van der Waals surface area contributed by atoms with Crippen molar-refractivity contribution in [2.45, 2.75) is 0 Å². The van der Waals surface area contributed by atoms with E-state index >= 15 is 0 Å². The monoisotopic (exact) mass is 422 g/mol. The number of hydrogen-bond donors (Lipinski definition) is 2. The van der Waals surface area contributed by atoms with E-state index in [-0.39, 0.29) is 11.3 Å². The van der Waals surface area contributed by atoms with Crippen molar-refractivity contribution in [3.05, 3.63) is 126 Å². The van der Waals surface area contributed by atoms with Crippen LogP contribution in [0.5, 0.6) is 5.75 Å². The van der Waals surface area contributed by atoms with E-state index in [2.05, 4.69) is 41.4 Å². The second kappa shape index (κ2) is 7.86. The first-order valence-electron chi connectivity index (χ1n) is 10.1. The minimum absolute atomic E-state index is 0.0456. The van der Waals surface area contributed by atoms with Gasteiger partial charge in [-0.05, 0) is 48.5 Å². The van der Waals surface area contributed by atoms with E-state index < -0.39 is 7.26 Å². The third kappa shape index (κ3) is 3.06. The molecule has 2 N–H and O–H groups in total. The van der Waals surface area contributed by atoms with Gasteiger partial charge in [-0.2, -0.15) is 0 Å². The van der Waals surface area contributed by atoms with Crippen molar-refractivity contribution in [3.8, 4) is 5.75 Å². The third-order valence-electron chi connectivity index (χ3n) is 5.64. The van der Waals surface area contributed by atoms with Crippen LogP contribution < -0.4 is 26.8 Å². The molecular formula is C27H21NO2P+. The molecule has 0 saturated heterocycles. The molecule has 0 radical (unpaired) electrons. The van der Waals surface area contributed by atoms with Crippen LogP contribution in [0.3, 0.4) is 0 Å². The third-order valence-corrected chi connectivity index (χ3v) is 9.94. The normalized spacial score (nSPS) is 11.5. The minimum Gasteiger partial charge on any atom is -0.503 e. The molecule has 0 unspecified atom stereocenters. The zero-order chi connectivity index (χ0) is 21.3. The highest BCUT2D eigenvalue weighted by Gasteiger charge is 2.52. The number of pyridine rings is 1. The van der Waals surface area contributed by atoms with Crippen LogP contribution in [-0.4, -0.2) is 10.1 Å². The summed E-state index contributed by atoms with van der Waals surface area (Å²) in [6.07, 6.45) is 0. The molecule has 3 nitrogen and oxygen atoms in total. The Kier molecular flexibility index (Phi) is 4.89. The molecule has 0 bridgehead atoms. The molecule has 0 amide bonds. The molecule has 150 valence electrons. The van der Waals surface area contributed by atoms with Crippen LogP contribution in [0.4, 0.5) is 0 Å². The second-order valence-electron chi connectivity index (χ2n) is 7.37. The standard InChI is InChI=1S/C27H20NO2P/c29-25-23-18-10-11-19-24(23)28-27(30)26(25)31(20-12-4-1-5-13-20,21-14-6-2-7-15-21)22-16-8-3-9-17-22/h1-19H,(H-,28,29,30)/p+1. The lowest BCUT2D eigenvalue weighted by atomic mass is 10.2. The Morgan fingerprint density at radius 2 is 1.00 bits per heavy atom. The van der Waals surface area contributed by atoms with Crippen molar-refractivity contribution in [2.24, 2.45) is 0 Å². The number of H-pyrrole nitrogens is 1. The first-order chi connectivity index (χ1) is 15.2. The number of fused-ring (bicyclic) bond motifs is 1. The maximum Gasteiger partial charge on any atom is 0.296 e. The average Bonchev–Trinajstić information content (AvgIpc) is 2.83. The topological polar surface area (TPSA) is 53.1 Å². The lowest BCUT2D eigenvalue weighted by Crippen LogP contribution is -2.45. The van der Waals surface area contributed by atoms with E-state index in [9.17, 15) is 9.90 Å². The zero-order valence-electron chi connectivity index (χ0n) is 16.8. The summed E-state index contributed by atoms with van der Waals surface area (Å²) in [6.45, 7) is 0. The molecule has 31 heavy (non-hydrogen) atoms. The molecule has 0 atom stereocenters. The second-order valence-corrected chi connectivity index (χ2v) is 10.7. The Balaban J connectivity index is 2.02. The van der Waals surface area contributed by atoms with Crippen LogP contribution >= 0.6 is 7.26 Å². The summed E-state index contributed by atoms with van der Waals surface area (Å²) in [7, 11) is -2.68. The molecule has 0 aliphatic carbocycles. The molecule has 0 aliphatic rings. The number of aromatic hydroxyl groups is 1. The van der Waals surface area contributed by atoms with E-state index in [1.165, 1.54) is 0 Å². The van der Waals surface area contributed by atoms with E-state index in [0.717, 1.165) is 15.9 Å². The van der Waals surface area contributed by atoms with Crippen LogP contribution in [0.1, 0.15) is 0 Å². The van der Waals surface area contributed by atoms with Crippen LogP contribution in [-0.2, 0) is 0 Å². The molecule has 1 heterocycles. The summed E-state index contributed by atoms with van der Waals surface area (Å²) in [5, 5.41) is 15.7. The van der Waals surface area contributed by atoms with Gasteiger partial charge in [-0.15, -0.1) is 0 Å². The van der Waals surface area contributed by atoms with Gasteiger partial charge in [-0.3, -0.25) is 4.79 Å². The Bertz CT molecular complexity index is 1300. The van der Waals surface area contributed by atoms with Crippen LogP contribution in [0.2, 0.25) is 0 Å². The number of hydrogen-bond acceptors (Lipinski definition) is 2. The van der Waals surface area contributed by atoms with Crippen molar-refractivity contribution < 1.29 is 5.11 Å². The Morgan fingerprint density at radius 3 is 1.48 bits per heavy atom. The molecule has 0 spiro atoms. The SMILES string of the molecule is O=c1[nH]c2ccccc2c(O)c1[P+](c1ccccc1)(c1ccccc1)c1ccccc1. The van der Waals surface area contributed by atoms with Crippen molar-refractivity contribution in [1.82, 2.24) is 4.98 Å². The van der Waals surface area contributed by atoms with Gasteiger partial charge in [-0.25, -0.2) is 0 Å². The van der Waals surface area contributed by atoms with Gasteiger partial charge in [0, 0.05) is 5.39 Å². The van der Waals surface area contributed by atoms with Crippen molar-refractivity contribution in [2.75, 3.05) is 0 Å². The van der Waals surface area contributed by atoms with E-state index in [0.29, 0.717) is 16.2 Å². The van der Waals surface area contributed by atoms with E-state index in [1.807, 2.05) is 78.9 Å². The molecule has 0 saturated carbocycles. The lowest BCUT2D eigenvalue weighted by Gasteiger charge is -2.27. The molecule has 4 heteroatoms. The molecule has 5 aromatic rings. The summed E-state index contributed by atoms with van der Waals surface area (Å²) in [6, 6.07) is 37.6. The highest BCUT2D eigenvalue weighted by molar-refractivity contribution is 8.01. The zero-order valence-corrected chi connectivity index (χ0v) is 17.7. The maximum absolute atomic E-state index is 13.6. The minimum atomic E-state index is -2.68. The summed E-state index contributed by atoms with van der Waals surface area (Å²) >= 11 is 0. The molecule has 0 fully saturated rings. The first-order valence-corrected chi connectivity index (χ1v) is 11.9. The average molecular weight is 422 g/mol. The summed E-state index contributed by atoms with van der Waals surface area (Å²) in [5.41, 5.74) is 0.363. The molecule has 1 aromatic heterocycles. The molecule has 4 aromatic carbocycles. The number of para-hydroxylation sites is 1. The van der Waals surface area contributed by atoms with Gasteiger partial charge in [0.05, 0.1) is 5.52 Å². The smallest absolute Gasteiger partial charge is 0.296 e. The molecular weight excluding hydrogens is 401 g/mol. The van der Waals surface area contributed by atoms with Gasteiger partial charge in [-0.1, -0.05) is 66.7 Å². The number of aromatic nitrogens is 1. The van der Waals surface area contributed by atoms with Gasteiger partial charge in [0.1, 0.15) is 15.9 Å². The summed E-state index contributed by atoms with van der Waals surface area (Å²) < 4.78 is 0. The number of nitrogens with one attached hydrogen (secondary N) is 1. The van der Waals surface area contributed by atoms with Gasteiger partial charge in [0.25, 0.3) is 5.56 Å². The van der Waals surface area contributed by atoms with E-state index in [4.69, 9.17) is 0 Å². The summed E-state index contributed by atoms with van der Waals surface area (Å²) in [4.78, 5) is 16.7. The summed E-state index contributed by atoms with van der Waals surface area (Å²) in [5.74, 6) is 0.0456. The van der Waals surface area contributed by atoms with Gasteiger partial charge in [0.15, 0.2) is 13.0 Å². The number of benzene rings is 4. The highest BCUT2D eigenvalue weighted by Crippen LogP contribution is 2.55. The van der Waals surface area contributed by atoms with Crippen LogP contribution in [0.15, 0.2) is 120 Å². The van der Waals surface area contributed by atoms with Crippen molar-refractivity contribution in [3.63, 3.8) is 0 Å². The maximum atomic E-state index is 13.6. The Morgan fingerprint density at radius 1 is 0.581 bits per heavy atom. The molecule has 5 rings (SSSR count). The van der Waals surface area contributed by atoms with Crippen LogP contribution in [0.25, 0.3) is 10.9 Å². The fourth-order valence-corrected chi connectivity index (χ4v) is 8.64. The quantitative estimate of drug-likeness (QED) is 0.432. The fraction of sp³-hybridized carbons (Fsp3) is 0. The van der Waals surface area contributed by atoms with E-state index in [1.54, 1.807) is 0 Å².